The Morgan fingerprint density at radius 1 is 1.16 bits per heavy atom. The van der Waals surface area contributed by atoms with Gasteiger partial charge >= 0.3 is 6.18 Å². The Morgan fingerprint density at radius 2 is 1.89 bits per heavy atom. The van der Waals surface area contributed by atoms with Crippen molar-refractivity contribution >= 4 is 11.5 Å². The van der Waals surface area contributed by atoms with Gasteiger partial charge in [-0.15, -0.1) is 0 Å². The minimum absolute atomic E-state index is 0.165. The molecule has 0 saturated carbocycles. The van der Waals surface area contributed by atoms with E-state index in [4.69, 9.17) is 5.73 Å². The summed E-state index contributed by atoms with van der Waals surface area (Å²) in [6.07, 6.45) is -3.25. The fraction of sp³-hybridized carbons (Fsp3) is 0.154. The van der Waals surface area contributed by atoms with Gasteiger partial charge < -0.3 is 11.1 Å². The zero-order valence-corrected chi connectivity index (χ0v) is 9.91. The molecule has 3 nitrogen and oxygen atoms in total. The Hall–Kier alpha value is -2.24. The molecule has 1 aromatic carbocycles. The maximum atomic E-state index is 12.5. The first-order valence-corrected chi connectivity index (χ1v) is 5.57. The molecule has 0 radical (unpaired) electrons. The number of benzene rings is 1. The van der Waals surface area contributed by atoms with Crippen LogP contribution in [0.3, 0.4) is 0 Å². The molecule has 100 valence electrons. The summed E-state index contributed by atoms with van der Waals surface area (Å²) in [5.74, 6) is 0.165. The normalized spacial score (nSPS) is 11.3. The second-order valence-corrected chi connectivity index (χ2v) is 3.98. The minimum Gasteiger partial charge on any atom is -0.398 e. The van der Waals surface area contributed by atoms with Crippen molar-refractivity contribution in [3.05, 3.63) is 53.7 Å². The van der Waals surface area contributed by atoms with Crippen molar-refractivity contribution in [2.45, 2.75) is 12.7 Å². The van der Waals surface area contributed by atoms with Gasteiger partial charge in [0.05, 0.1) is 5.56 Å². The van der Waals surface area contributed by atoms with Crippen LogP contribution in [0.1, 0.15) is 11.1 Å². The molecule has 1 heterocycles. The summed E-state index contributed by atoms with van der Waals surface area (Å²) in [6, 6.07) is 9.04. The van der Waals surface area contributed by atoms with E-state index < -0.39 is 11.7 Å². The standard InChI is InChI=1S/C13H12F3N3/c14-13(15,16)10-5-6-18-12(7-10)19-8-9-3-1-2-4-11(9)17/h1-7H,8,17H2,(H,18,19). The Kier molecular flexibility index (Phi) is 3.59. The summed E-state index contributed by atoms with van der Waals surface area (Å²) in [6.45, 7) is 0.320. The van der Waals surface area contributed by atoms with Crippen molar-refractivity contribution < 1.29 is 13.2 Å². The molecule has 0 saturated heterocycles. The molecule has 0 aliphatic carbocycles. The first-order valence-electron chi connectivity index (χ1n) is 5.57. The van der Waals surface area contributed by atoms with Gasteiger partial charge in [-0.05, 0) is 23.8 Å². The zero-order valence-electron chi connectivity index (χ0n) is 9.91. The fourth-order valence-electron chi connectivity index (χ4n) is 1.58. The van der Waals surface area contributed by atoms with E-state index in [1.165, 1.54) is 0 Å². The second-order valence-electron chi connectivity index (χ2n) is 3.98. The van der Waals surface area contributed by atoms with Crippen molar-refractivity contribution in [2.75, 3.05) is 11.1 Å². The summed E-state index contributed by atoms with van der Waals surface area (Å²) in [4.78, 5) is 3.85. The summed E-state index contributed by atoms with van der Waals surface area (Å²) in [5.41, 5.74) is 6.41. The summed E-state index contributed by atoms with van der Waals surface area (Å²) in [5, 5.41) is 2.82. The molecule has 2 rings (SSSR count). The molecule has 0 aliphatic rings. The fourth-order valence-corrected chi connectivity index (χ4v) is 1.58. The SMILES string of the molecule is Nc1ccccc1CNc1cc(C(F)(F)F)ccn1. The second kappa shape index (κ2) is 5.17. The molecular formula is C13H12F3N3. The minimum atomic E-state index is -4.37. The molecule has 0 aliphatic heterocycles. The zero-order chi connectivity index (χ0) is 13.9. The number of nitrogens with zero attached hydrogens (tertiary/aromatic N) is 1. The number of hydrogen-bond acceptors (Lipinski definition) is 3. The van der Waals surface area contributed by atoms with Crippen LogP contribution in [0, 0.1) is 0 Å². The topological polar surface area (TPSA) is 50.9 Å². The number of anilines is 2. The lowest BCUT2D eigenvalue weighted by atomic mass is 10.2. The van der Waals surface area contributed by atoms with Crippen LogP contribution in [0.5, 0.6) is 0 Å². The molecule has 0 spiro atoms. The molecule has 3 N–H and O–H groups in total. The Balaban J connectivity index is 2.10. The number of pyridine rings is 1. The van der Waals surface area contributed by atoms with Crippen LogP contribution < -0.4 is 11.1 Å². The largest absolute Gasteiger partial charge is 0.416 e. The van der Waals surface area contributed by atoms with E-state index in [2.05, 4.69) is 10.3 Å². The first kappa shape index (κ1) is 13.2. The number of alkyl halides is 3. The van der Waals surface area contributed by atoms with Crippen LogP contribution in [-0.2, 0) is 12.7 Å². The van der Waals surface area contributed by atoms with E-state index in [0.717, 1.165) is 23.9 Å². The molecule has 0 amide bonds. The number of nitrogens with two attached hydrogens (primary N) is 1. The van der Waals surface area contributed by atoms with Crippen LogP contribution in [0.15, 0.2) is 42.6 Å². The van der Waals surface area contributed by atoms with Gasteiger partial charge in [0.2, 0.25) is 0 Å². The van der Waals surface area contributed by atoms with Crippen LogP contribution in [0.25, 0.3) is 0 Å². The molecule has 2 aromatic rings. The molecule has 0 atom stereocenters. The first-order chi connectivity index (χ1) is 8.97. The lowest BCUT2D eigenvalue weighted by Crippen LogP contribution is -2.08. The molecular weight excluding hydrogens is 255 g/mol. The number of para-hydroxylation sites is 1. The number of nitrogens with one attached hydrogen (secondary N) is 1. The molecule has 1 aromatic heterocycles. The van der Waals surface area contributed by atoms with Crippen molar-refractivity contribution in [1.29, 1.82) is 0 Å². The predicted octanol–water partition coefficient (Wildman–Crippen LogP) is 3.29. The van der Waals surface area contributed by atoms with Crippen molar-refractivity contribution in [1.82, 2.24) is 4.98 Å². The van der Waals surface area contributed by atoms with Gasteiger partial charge in [0, 0.05) is 18.4 Å². The number of halogens is 3. The van der Waals surface area contributed by atoms with E-state index in [-0.39, 0.29) is 5.82 Å². The Labute approximate surface area is 108 Å². The maximum Gasteiger partial charge on any atom is 0.416 e. The molecule has 0 fully saturated rings. The van der Waals surface area contributed by atoms with E-state index >= 15 is 0 Å². The van der Waals surface area contributed by atoms with Crippen molar-refractivity contribution in [3.63, 3.8) is 0 Å². The highest BCUT2D eigenvalue weighted by molar-refractivity contribution is 5.49. The Morgan fingerprint density at radius 3 is 2.58 bits per heavy atom. The predicted molar refractivity (Wildman–Crippen MR) is 67.4 cm³/mol. The highest BCUT2D eigenvalue weighted by Gasteiger charge is 2.30. The van der Waals surface area contributed by atoms with Gasteiger partial charge in [0.25, 0.3) is 0 Å². The average molecular weight is 267 g/mol. The third-order valence-electron chi connectivity index (χ3n) is 2.60. The van der Waals surface area contributed by atoms with Gasteiger partial charge in [0.1, 0.15) is 5.82 Å². The maximum absolute atomic E-state index is 12.5. The number of hydrogen-bond donors (Lipinski definition) is 2. The van der Waals surface area contributed by atoms with Crippen LogP contribution in [-0.4, -0.2) is 4.98 Å². The van der Waals surface area contributed by atoms with Crippen LogP contribution >= 0.6 is 0 Å². The Bertz CT molecular complexity index is 567. The summed E-state index contributed by atoms with van der Waals surface area (Å²) in [7, 11) is 0. The third-order valence-corrected chi connectivity index (χ3v) is 2.60. The van der Waals surface area contributed by atoms with E-state index in [1.807, 2.05) is 6.07 Å². The van der Waals surface area contributed by atoms with Gasteiger partial charge in [-0.1, -0.05) is 18.2 Å². The van der Waals surface area contributed by atoms with Crippen molar-refractivity contribution in [3.8, 4) is 0 Å². The van der Waals surface area contributed by atoms with Crippen LogP contribution in [0.4, 0.5) is 24.7 Å². The number of aromatic nitrogens is 1. The number of rotatable bonds is 3. The monoisotopic (exact) mass is 267 g/mol. The molecule has 0 unspecified atom stereocenters. The lowest BCUT2D eigenvalue weighted by molar-refractivity contribution is -0.137. The molecule has 0 bridgehead atoms. The summed E-state index contributed by atoms with van der Waals surface area (Å²) >= 11 is 0. The van der Waals surface area contributed by atoms with E-state index in [0.29, 0.717) is 12.2 Å². The third kappa shape index (κ3) is 3.37. The van der Waals surface area contributed by atoms with Gasteiger partial charge in [-0.2, -0.15) is 13.2 Å². The summed E-state index contributed by atoms with van der Waals surface area (Å²) < 4.78 is 37.6. The molecule has 6 heteroatoms. The lowest BCUT2D eigenvalue weighted by Gasteiger charge is -2.10. The van der Waals surface area contributed by atoms with Crippen molar-refractivity contribution in [2.24, 2.45) is 0 Å². The smallest absolute Gasteiger partial charge is 0.398 e. The highest BCUT2D eigenvalue weighted by atomic mass is 19.4. The molecule has 19 heavy (non-hydrogen) atoms. The van der Waals surface area contributed by atoms with Gasteiger partial charge in [-0.25, -0.2) is 4.98 Å². The quantitative estimate of drug-likeness (QED) is 0.839. The van der Waals surface area contributed by atoms with E-state index in [1.54, 1.807) is 18.2 Å². The van der Waals surface area contributed by atoms with Crippen LogP contribution in [0.2, 0.25) is 0 Å². The van der Waals surface area contributed by atoms with Gasteiger partial charge in [0.15, 0.2) is 0 Å². The highest BCUT2D eigenvalue weighted by Crippen LogP contribution is 2.30. The van der Waals surface area contributed by atoms with E-state index in [9.17, 15) is 13.2 Å². The van der Waals surface area contributed by atoms with Gasteiger partial charge in [-0.3, -0.25) is 0 Å². The average Bonchev–Trinajstić information content (AvgIpc) is 2.37. The number of nitrogen functional groups attached to an aromatic ring is 1.